The molecule has 24 N–H and O–H groups in total. The molecule has 0 aromatic rings. The summed E-state index contributed by atoms with van der Waals surface area (Å²) in [6, 6.07) is -7.40. The fourth-order valence-corrected chi connectivity index (χ4v) is 12.6. The van der Waals surface area contributed by atoms with Crippen LogP contribution in [0.5, 0.6) is 0 Å². The monoisotopic (exact) mass is 1470 g/mol. The number of aliphatic carboxylic acids is 1. The maximum atomic E-state index is 13.1. The fraction of sp³-hybridized carbons (Fsp3) is 0.906. The van der Waals surface area contributed by atoms with E-state index in [4.69, 9.17) is 61.6 Å². The van der Waals surface area contributed by atoms with Gasteiger partial charge in [0.1, 0.15) is 159 Å². The highest BCUT2D eigenvalue weighted by molar-refractivity contribution is 7.80. The van der Waals surface area contributed by atoms with E-state index in [9.17, 15) is 134 Å². The maximum Gasteiger partial charge on any atom is 0.397 e. The summed E-state index contributed by atoms with van der Waals surface area (Å²) in [6.07, 6.45) is -65.7. The third-order valence-corrected chi connectivity index (χ3v) is 17.7. The lowest BCUT2D eigenvalue weighted by Crippen LogP contribution is -2.72. The van der Waals surface area contributed by atoms with E-state index in [1.807, 2.05) is 0 Å². The number of carbonyl (C=O) groups is 5. The Morgan fingerprint density at radius 3 is 1.52 bits per heavy atom. The third kappa shape index (κ3) is 19.1. The first-order chi connectivity index (χ1) is 46.3. The lowest BCUT2D eigenvalue weighted by molar-refractivity contribution is -0.385. The van der Waals surface area contributed by atoms with Crippen LogP contribution in [0.25, 0.3) is 0 Å². The summed E-state index contributed by atoms with van der Waals surface area (Å²) in [4.78, 5) is 64.1. The SMILES string of the molecule is CC(=O)N[C@H]1[C@H](O[C@H]2[C@@H](O)[C@@H](CO[C@@H]3O[C@H](CO)[C@@H](O[C@@H]4O[C@H](COS(=O)(=O)O)[C@H](O)[C@H](O)[C@H]4O)[C@H](O[C@@H]4O[C@@H](C)[C@@H](O)[C@@H](O)[C@@H]4O)[C@H]3NC(C)=O)OC(O)[C@@H]2NC(C)=O)O[C@H](CO)[C@@H](O[C@@H]2O[C@H](CO)[C@H](O)[C@H](O[C@]3(C(=O)O)C[C@H](O)[C@@H](NC(C)=O)[C@H]([C@H](O)[C@H](O)CO)O3)[C@H]2O)[C@@H]1O. The number of carboxylic acid groups (broad SMARTS) is 1. The van der Waals surface area contributed by atoms with Crippen LogP contribution in [0.15, 0.2) is 0 Å². The van der Waals surface area contributed by atoms with Crippen molar-refractivity contribution in [1.29, 1.82) is 0 Å². The summed E-state index contributed by atoms with van der Waals surface area (Å²) in [5.74, 6) is -9.04. The molecule has 0 spiro atoms. The van der Waals surface area contributed by atoms with Crippen molar-refractivity contribution < 1.29 is 200 Å². The normalized spacial score (nSPS) is 45.2. The van der Waals surface area contributed by atoms with Crippen LogP contribution in [0.4, 0.5) is 0 Å². The van der Waals surface area contributed by atoms with Crippen molar-refractivity contribution >= 4 is 40.0 Å². The first-order valence-corrected chi connectivity index (χ1v) is 32.1. The lowest BCUT2D eigenvalue weighted by Gasteiger charge is -2.51. The van der Waals surface area contributed by atoms with Crippen molar-refractivity contribution in [3.05, 3.63) is 0 Å². The van der Waals surface area contributed by atoms with Gasteiger partial charge in [-0.05, 0) is 6.92 Å². The molecule has 7 aliphatic rings. The van der Waals surface area contributed by atoms with Gasteiger partial charge in [-0.2, -0.15) is 8.42 Å². The molecule has 0 aromatic carbocycles. The molecule has 0 bridgehead atoms. The second-order valence-electron chi connectivity index (χ2n) is 24.5. The first kappa shape index (κ1) is 82.3. The van der Waals surface area contributed by atoms with Gasteiger partial charge in [0.2, 0.25) is 23.6 Å². The summed E-state index contributed by atoms with van der Waals surface area (Å²) in [5, 5.41) is 218. The molecule has 45 nitrogen and oxygen atoms in total. The zero-order chi connectivity index (χ0) is 73.8. The van der Waals surface area contributed by atoms with E-state index in [0.29, 0.717) is 0 Å². The number of hydrogen-bond donors (Lipinski definition) is 24. The number of nitrogens with one attached hydrogen (secondary N) is 4. The molecular weight excluding hydrogens is 1380 g/mol. The largest absolute Gasteiger partial charge is 0.477 e. The van der Waals surface area contributed by atoms with E-state index >= 15 is 0 Å². The number of rotatable bonds is 27. The molecule has 7 aliphatic heterocycles. The highest BCUT2D eigenvalue weighted by Gasteiger charge is 2.62. The van der Waals surface area contributed by atoms with Gasteiger partial charge in [0.15, 0.2) is 37.7 Å². The van der Waals surface area contributed by atoms with Crippen molar-refractivity contribution in [3.63, 3.8) is 0 Å². The van der Waals surface area contributed by atoms with E-state index in [0.717, 1.165) is 27.7 Å². The minimum absolute atomic E-state index is 0.853. The summed E-state index contributed by atoms with van der Waals surface area (Å²) >= 11 is 0. The Morgan fingerprint density at radius 2 is 0.949 bits per heavy atom. The van der Waals surface area contributed by atoms with Gasteiger partial charge in [0.25, 0.3) is 5.79 Å². The van der Waals surface area contributed by atoms with Crippen molar-refractivity contribution in [3.8, 4) is 0 Å². The van der Waals surface area contributed by atoms with Gasteiger partial charge in [-0.25, -0.2) is 8.98 Å². The van der Waals surface area contributed by atoms with Crippen molar-refractivity contribution in [2.24, 2.45) is 0 Å². The second-order valence-corrected chi connectivity index (χ2v) is 25.6. The highest BCUT2D eigenvalue weighted by atomic mass is 32.3. The van der Waals surface area contributed by atoms with Gasteiger partial charge in [-0.1, -0.05) is 0 Å². The van der Waals surface area contributed by atoms with Gasteiger partial charge in [-0.15, -0.1) is 0 Å². The van der Waals surface area contributed by atoms with Crippen LogP contribution in [0, 0.1) is 0 Å². The zero-order valence-electron chi connectivity index (χ0n) is 53.1. The molecule has 0 radical (unpaired) electrons. The fourth-order valence-electron chi connectivity index (χ4n) is 12.3. The molecule has 0 saturated carbocycles. The Labute approximate surface area is 560 Å². The van der Waals surface area contributed by atoms with Crippen LogP contribution in [-0.4, -0.2) is 400 Å². The third-order valence-electron chi connectivity index (χ3n) is 17.3. The summed E-state index contributed by atoms with van der Waals surface area (Å²) in [7, 11) is -5.22. The van der Waals surface area contributed by atoms with Crippen LogP contribution >= 0.6 is 0 Å². The van der Waals surface area contributed by atoms with E-state index in [1.54, 1.807) is 0 Å². The van der Waals surface area contributed by atoms with Crippen molar-refractivity contribution in [2.45, 2.75) is 261 Å². The van der Waals surface area contributed by atoms with Gasteiger partial charge < -0.3 is 180 Å². The zero-order valence-corrected chi connectivity index (χ0v) is 53.9. The molecule has 0 aliphatic carbocycles. The Bertz CT molecular complexity index is 2790. The summed E-state index contributed by atoms with van der Waals surface area (Å²) in [6.45, 7) is -1.90. The molecule has 1 unspecified atom stereocenters. The number of carbonyl (C=O) groups excluding carboxylic acids is 4. The number of carboxylic acids is 1. The number of hydrogen-bond acceptors (Lipinski definition) is 39. The van der Waals surface area contributed by atoms with Gasteiger partial charge in [0, 0.05) is 34.1 Å². The number of amides is 4. The Kier molecular flexibility index (Phi) is 28.8. The van der Waals surface area contributed by atoms with Gasteiger partial charge in [-0.3, -0.25) is 23.7 Å². The molecule has 46 heteroatoms. The van der Waals surface area contributed by atoms with Crippen LogP contribution in [0.1, 0.15) is 41.0 Å². The van der Waals surface area contributed by atoms with Crippen LogP contribution in [-0.2, 0) is 100 Å². The molecule has 7 heterocycles. The smallest absolute Gasteiger partial charge is 0.397 e. The number of aliphatic hydroxyl groups excluding tert-OH is 18. The topological polar surface area (TPSA) is 701 Å². The summed E-state index contributed by atoms with van der Waals surface area (Å²) < 4.78 is 113. The highest BCUT2D eigenvalue weighted by Crippen LogP contribution is 2.41. The second kappa shape index (κ2) is 34.7. The molecule has 7 rings (SSSR count). The lowest BCUT2D eigenvalue weighted by atomic mass is 9.88. The Balaban J connectivity index is 1.16. The van der Waals surface area contributed by atoms with E-state index < -0.39 is 306 Å². The quantitative estimate of drug-likeness (QED) is 0.0340. The Hall–Kier alpha value is -4.02. The van der Waals surface area contributed by atoms with Crippen LogP contribution < -0.4 is 21.3 Å². The van der Waals surface area contributed by atoms with Gasteiger partial charge in [0.05, 0.1) is 57.9 Å². The average Bonchev–Trinajstić information content (AvgIpc) is 0.758. The van der Waals surface area contributed by atoms with E-state index in [2.05, 4.69) is 25.5 Å². The average molecular weight is 1470 g/mol. The predicted molar refractivity (Wildman–Crippen MR) is 304 cm³/mol. The van der Waals surface area contributed by atoms with E-state index in [1.165, 1.54) is 6.92 Å². The molecule has 572 valence electrons. The van der Waals surface area contributed by atoms with Crippen LogP contribution in [0.3, 0.4) is 0 Å². The summed E-state index contributed by atoms with van der Waals surface area (Å²) in [5.41, 5.74) is 0. The molecule has 7 fully saturated rings. The minimum atomic E-state index is -5.22. The molecule has 7 saturated heterocycles. The minimum Gasteiger partial charge on any atom is -0.477 e. The Morgan fingerprint density at radius 1 is 0.485 bits per heavy atom. The molecular formula is C53H88N4O41S. The predicted octanol–water partition coefficient (Wildman–Crippen LogP) is -15.6. The first-order valence-electron chi connectivity index (χ1n) is 30.7. The van der Waals surface area contributed by atoms with Crippen molar-refractivity contribution in [2.75, 3.05) is 39.6 Å². The molecule has 36 atom stereocenters. The van der Waals surface area contributed by atoms with E-state index in [-0.39, 0.29) is 0 Å². The molecule has 0 aromatic heterocycles. The van der Waals surface area contributed by atoms with Crippen molar-refractivity contribution in [1.82, 2.24) is 21.3 Å². The van der Waals surface area contributed by atoms with Crippen LogP contribution in [0.2, 0.25) is 0 Å². The number of ether oxygens (including phenoxy) is 13. The maximum absolute atomic E-state index is 13.1. The molecule has 4 amide bonds. The standard InChI is InChI=1S/C53H88N4O41S/c1-13-29(68)35(74)37(76)49(87-13)96-44-28(57-17(5)65)47(90-22(10-61)41(44)94-50-38(77)36(75)31(70)24(92-50)12-86-99(82,83)84)85-11-23-33(72)42(27(46(79)88-23)56-16(4)64)95-48-26(55-15(3)63)34(73)40(21(9-60)91-48)93-51-39(78)45(32(71)20(8-59)89-51)98-53(52(80)81)6-18(66)25(54-14(2)62)43(97-53)30(69)19(67)7-58/h13,18-51,58-61,66-79H,6-12H2,1-5H3,(H,54,62)(H,55,63)(H,56,64)(H,57,65)(H,80,81)(H,82,83,84)/t13-,18-,19+,20+,21+,22+,23+,24+,25+,26+,27+,28+,29+,30+,31-,32-,33-,34+,35+,36-,37-,38+,39+,40+,41+,42+,43+,44+,45-,46?,47+,48-,49-,50-,51-,53-/m0/s1. The van der Waals surface area contributed by atoms with Gasteiger partial charge >= 0.3 is 16.4 Å². The molecule has 99 heavy (non-hydrogen) atoms. The number of aliphatic hydroxyl groups is 18.